The lowest BCUT2D eigenvalue weighted by Crippen LogP contribution is -2.25. The van der Waals surface area contributed by atoms with Crippen molar-refractivity contribution in [2.24, 2.45) is 0 Å². The molecule has 1 aromatic carbocycles. The summed E-state index contributed by atoms with van der Waals surface area (Å²) < 4.78 is 5.19. The Morgan fingerprint density at radius 2 is 1.74 bits per heavy atom. The van der Waals surface area contributed by atoms with Crippen LogP contribution in [0, 0.1) is 6.92 Å². The SMILES string of the molecule is CCOC(=O)c1c(C)nc(N(CC)CC)nc1-c1ccccc1. The summed E-state index contributed by atoms with van der Waals surface area (Å²) in [7, 11) is 0. The highest BCUT2D eigenvalue weighted by molar-refractivity contribution is 5.97. The zero-order valence-electron chi connectivity index (χ0n) is 14.2. The second-order valence-electron chi connectivity index (χ2n) is 5.09. The van der Waals surface area contributed by atoms with Gasteiger partial charge in [-0.2, -0.15) is 0 Å². The number of aromatic nitrogens is 2. The molecule has 0 unspecified atom stereocenters. The highest BCUT2D eigenvalue weighted by atomic mass is 16.5. The van der Waals surface area contributed by atoms with E-state index >= 15 is 0 Å². The molecule has 0 amide bonds. The summed E-state index contributed by atoms with van der Waals surface area (Å²) in [6.45, 7) is 9.68. The first-order valence-electron chi connectivity index (χ1n) is 7.98. The molecule has 5 nitrogen and oxygen atoms in total. The van der Waals surface area contributed by atoms with Gasteiger partial charge in [-0.3, -0.25) is 0 Å². The predicted octanol–water partition coefficient (Wildman–Crippen LogP) is 3.47. The maximum Gasteiger partial charge on any atom is 0.342 e. The number of aryl methyl sites for hydroxylation is 1. The lowest BCUT2D eigenvalue weighted by molar-refractivity contribution is 0.0525. The molecule has 2 aromatic rings. The average Bonchev–Trinajstić information content (AvgIpc) is 2.56. The topological polar surface area (TPSA) is 55.3 Å². The largest absolute Gasteiger partial charge is 0.462 e. The number of hydrogen-bond acceptors (Lipinski definition) is 5. The quantitative estimate of drug-likeness (QED) is 0.764. The van der Waals surface area contributed by atoms with Crippen LogP contribution in [0.2, 0.25) is 0 Å². The molecule has 0 radical (unpaired) electrons. The average molecular weight is 313 g/mol. The number of carbonyl (C=O) groups excluding carboxylic acids is 1. The van der Waals surface area contributed by atoms with Crippen molar-refractivity contribution in [3.8, 4) is 11.3 Å². The van der Waals surface area contributed by atoms with Gasteiger partial charge in [0.25, 0.3) is 0 Å². The lowest BCUT2D eigenvalue weighted by atomic mass is 10.0. The summed E-state index contributed by atoms with van der Waals surface area (Å²) >= 11 is 0. The fourth-order valence-corrected chi connectivity index (χ4v) is 2.46. The van der Waals surface area contributed by atoms with Crippen LogP contribution in [0.3, 0.4) is 0 Å². The minimum atomic E-state index is -0.380. The molecule has 0 saturated heterocycles. The van der Waals surface area contributed by atoms with Crippen LogP contribution in [-0.4, -0.2) is 35.6 Å². The van der Waals surface area contributed by atoms with Crippen LogP contribution in [0.4, 0.5) is 5.95 Å². The van der Waals surface area contributed by atoms with E-state index in [4.69, 9.17) is 4.74 Å². The first-order valence-corrected chi connectivity index (χ1v) is 7.98. The van der Waals surface area contributed by atoms with Crippen molar-refractivity contribution in [2.75, 3.05) is 24.6 Å². The molecular weight excluding hydrogens is 290 g/mol. The fourth-order valence-electron chi connectivity index (χ4n) is 2.46. The van der Waals surface area contributed by atoms with Gasteiger partial charge in [0.05, 0.1) is 18.0 Å². The van der Waals surface area contributed by atoms with Crippen LogP contribution in [0.15, 0.2) is 30.3 Å². The van der Waals surface area contributed by atoms with Gasteiger partial charge in [-0.15, -0.1) is 0 Å². The molecule has 1 aromatic heterocycles. The summed E-state index contributed by atoms with van der Waals surface area (Å²) in [6.07, 6.45) is 0. The van der Waals surface area contributed by atoms with E-state index in [-0.39, 0.29) is 5.97 Å². The Labute approximate surface area is 137 Å². The number of nitrogens with zero attached hydrogens (tertiary/aromatic N) is 3. The number of hydrogen-bond donors (Lipinski definition) is 0. The predicted molar refractivity (Wildman–Crippen MR) is 91.7 cm³/mol. The molecule has 1 heterocycles. The van der Waals surface area contributed by atoms with Crippen molar-refractivity contribution in [1.29, 1.82) is 0 Å². The van der Waals surface area contributed by atoms with E-state index in [0.29, 0.717) is 29.5 Å². The Morgan fingerprint density at radius 1 is 1.09 bits per heavy atom. The van der Waals surface area contributed by atoms with Crippen LogP contribution >= 0.6 is 0 Å². The van der Waals surface area contributed by atoms with E-state index in [9.17, 15) is 4.79 Å². The standard InChI is InChI=1S/C18H23N3O2/c1-5-21(6-2)18-19-13(4)15(17(22)23-7-3)16(20-18)14-11-9-8-10-12-14/h8-12H,5-7H2,1-4H3. The van der Waals surface area contributed by atoms with E-state index < -0.39 is 0 Å². The van der Waals surface area contributed by atoms with Crippen molar-refractivity contribution in [2.45, 2.75) is 27.7 Å². The normalized spacial score (nSPS) is 10.4. The van der Waals surface area contributed by atoms with Crippen molar-refractivity contribution < 1.29 is 9.53 Å². The second kappa shape index (κ2) is 7.72. The van der Waals surface area contributed by atoms with Crippen LogP contribution < -0.4 is 4.90 Å². The molecule has 2 rings (SSSR count). The van der Waals surface area contributed by atoms with Gasteiger partial charge >= 0.3 is 5.97 Å². The van der Waals surface area contributed by atoms with Gasteiger partial charge in [0.1, 0.15) is 5.56 Å². The summed E-state index contributed by atoms with van der Waals surface area (Å²) in [5.41, 5.74) is 2.58. The molecule has 5 heteroatoms. The smallest absolute Gasteiger partial charge is 0.342 e. The molecule has 0 aliphatic heterocycles. The van der Waals surface area contributed by atoms with Gasteiger partial charge in [-0.25, -0.2) is 14.8 Å². The minimum absolute atomic E-state index is 0.324. The highest BCUT2D eigenvalue weighted by Gasteiger charge is 2.22. The Kier molecular flexibility index (Phi) is 5.68. The van der Waals surface area contributed by atoms with E-state index in [2.05, 4.69) is 28.7 Å². The first-order chi connectivity index (χ1) is 11.1. The molecule has 0 saturated carbocycles. The number of ether oxygens (including phenoxy) is 1. The number of rotatable bonds is 6. The zero-order chi connectivity index (χ0) is 16.8. The maximum atomic E-state index is 12.4. The van der Waals surface area contributed by atoms with Gasteiger partial charge < -0.3 is 9.64 Å². The van der Waals surface area contributed by atoms with Gasteiger partial charge in [0.2, 0.25) is 5.95 Å². The van der Waals surface area contributed by atoms with E-state index in [0.717, 1.165) is 18.7 Å². The maximum absolute atomic E-state index is 12.4. The summed E-state index contributed by atoms with van der Waals surface area (Å²) in [5.74, 6) is 0.259. The first kappa shape index (κ1) is 16.9. The van der Waals surface area contributed by atoms with Crippen LogP contribution in [0.25, 0.3) is 11.3 Å². The van der Waals surface area contributed by atoms with Crippen molar-refractivity contribution in [3.05, 3.63) is 41.6 Å². The van der Waals surface area contributed by atoms with Gasteiger partial charge in [-0.05, 0) is 27.7 Å². The Balaban J connectivity index is 2.64. The van der Waals surface area contributed by atoms with Crippen molar-refractivity contribution in [3.63, 3.8) is 0 Å². The molecule has 122 valence electrons. The van der Waals surface area contributed by atoms with Crippen LogP contribution in [-0.2, 0) is 4.74 Å². The van der Waals surface area contributed by atoms with Crippen LogP contribution in [0.1, 0.15) is 36.8 Å². The molecule has 0 atom stereocenters. The Hall–Kier alpha value is -2.43. The monoisotopic (exact) mass is 313 g/mol. The van der Waals surface area contributed by atoms with Gasteiger partial charge in [0, 0.05) is 18.7 Å². The highest BCUT2D eigenvalue weighted by Crippen LogP contribution is 2.26. The third-order valence-electron chi connectivity index (χ3n) is 3.65. The van der Waals surface area contributed by atoms with Crippen LogP contribution in [0.5, 0.6) is 0 Å². The molecule has 0 spiro atoms. The third kappa shape index (κ3) is 3.67. The Morgan fingerprint density at radius 3 is 2.30 bits per heavy atom. The Bertz CT molecular complexity index is 667. The number of esters is 1. The number of anilines is 1. The number of carbonyl (C=O) groups is 1. The third-order valence-corrected chi connectivity index (χ3v) is 3.65. The fraction of sp³-hybridized carbons (Fsp3) is 0.389. The van der Waals surface area contributed by atoms with E-state index in [1.807, 2.05) is 37.3 Å². The molecule has 0 aliphatic carbocycles. The molecule has 0 bridgehead atoms. The van der Waals surface area contributed by atoms with Crippen molar-refractivity contribution >= 4 is 11.9 Å². The molecule has 23 heavy (non-hydrogen) atoms. The molecule has 0 fully saturated rings. The molecule has 0 N–H and O–H groups in total. The molecular formula is C18H23N3O2. The number of benzene rings is 1. The summed E-state index contributed by atoms with van der Waals surface area (Å²) in [5, 5.41) is 0. The van der Waals surface area contributed by atoms with Gasteiger partial charge in [0.15, 0.2) is 0 Å². The summed E-state index contributed by atoms with van der Waals surface area (Å²) in [6, 6.07) is 9.68. The second-order valence-corrected chi connectivity index (χ2v) is 5.09. The van der Waals surface area contributed by atoms with Gasteiger partial charge in [-0.1, -0.05) is 30.3 Å². The minimum Gasteiger partial charge on any atom is -0.462 e. The molecule has 0 aliphatic rings. The summed E-state index contributed by atoms with van der Waals surface area (Å²) in [4.78, 5) is 23.6. The van der Waals surface area contributed by atoms with E-state index in [1.165, 1.54) is 0 Å². The lowest BCUT2D eigenvalue weighted by Gasteiger charge is -2.21. The zero-order valence-corrected chi connectivity index (χ0v) is 14.2. The van der Waals surface area contributed by atoms with Crippen molar-refractivity contribution in [1.82, 2.24) is 9.97 Å². The van der Waals surface area contributed by atoms with E-state index in [1.54, 1.807) is 6.92 Å².